The zero-order valence-electron chi connectivity index (χ0n) is 20.1. The van der Waals surface area contributed by atoms with Crippen LogP contribution in [0.4, 0.5) is 9.18 Å². The summed E-state index contributed by atoms with van der Waals surface area (Å²) in [7, 11) is -0.759. The molecule has 3 rings (SSSR count). The molecule has 2 fully saturated rings. The second kappa shape index (κ2) is 8.67. The standard InChI is InChI=1S/C23H34BFN2O5/c1-21(2,3)30-20(29)26-18-9-8-10-27(14-18)19(28)15-11-16(13-17(25)12-15)24-31-22(4,5)23(6,7)32-24/h11-13,18H,8-10,14H2,1-7H3,(H,26,29)/t18-/m1/s1. The van der Waals surface area contributed by atoms with Crippen LogP contribution in [0.3, 0.4) is 0 Å². The lowest BCUT2D eigenvalue weighted by atomic mass is 9.78. The largest absolute Gasteiger partial charge is 0.494 e. The van der Waals surface area contributed by atoms with Crippen molar-refractivity contribution >= 4 is 24.6 Å². The molecule has 1 aromatic carbocycles. The van der Waals surface area contributed by atoms with Crippen molar-refractivity contribution in [3.8, 4) is 0 Å². The highest BCUT2D eigenvalue weighted by atomic mass is 19.1. The maximum absolute atomic E-state index is 14.4. The third-order valence-corrected chi connectivity index (χ3v) is 6.12. The molecular weight excluding hydrogens is 414 g/mol. The first-order chi connectivity index (χ1) is 14.7. The SMILES string of the molecule is CC(C)(C)OC(=O)N[C@@H]1CCCN(C(=O)c2cc(F)cc(B3OC(C)(C)C(C)(C)O3)c2)C1. The van der Waals surface area contributed by atoms with Crippen LogP contribution in [0.2, 0.25) is 0 Å². The topological polar surface area (TPSA) is 77.1 Å². The maximum Gasteiger partial charge on any atom is 0.494 e. The second-order valence-corrected chi connectivity index (χ2v) is 10.6. The molecule has 0 saturated carbocycles. The minimum atomic E-state index is -0.759. The third kappa shape index (κ3) is 5.62. The van der Waals surface area contributed by atoms with Gasteiger partial charge in [0, 0.05) is 24.7 Å². The van der Waals surface area contributed by atoms with Crippen LogP contribution < -0.4 is 10.8 Å². The highest BCUT2D eigenvalue weighted by Crippen LogP contribution is 2.36. The van der Waals surface area contributed by atoms with Crippen LogP contribution in [-0.2, 0) is 14.0 Å². The predicted octanol–water partition coefficient (Wildman–Crippen LogP) is 3.25. The minimum absolute atomic E-state index is 0.223. The summed E-state index contributed by atoms with van der Waals surface area (Å²) in [6, 6.07) is 3.96. The van der Waals surface area contributed by atoms with Crippen LogP contribution in [0, 0.1) is 5.82 Å². The molecule has 0 unspecified atom stereocenters. The summed E-state index contributed by atoms with van der Waals surface area (Å²) < 4.78 is 31.8. The normalized spacial score (nSPS) is 22.6. The number of ether oxygens (including phenoxy) is 1. The van der Waals surface area contributed by atoms with Crippen LogP contribution in [0.25, 0.3) is 0 Å². The molecule has 32 heavy (non-hydrogen) atoms. The first kappa shape index (κ1) is 24.5. The highest BCUT2D eigenvalue weighted by molar-refractivity contribution is 6.62. The van der Waals surface area contributed by atoms with Gasteiger partial charge in [0.2, 0.25) is 0 Å². The van der Waals surface area contributed by atoms with Gasteiger partial charge in [-0.3, -0.25) is 4.79 Å². The van der Waals surface area contributed by atoms with Gasteiger partial charge >= 0.3 is 13.2 Å². The monoisotopic (exact) mass is 448 g/mol. The van der Waals surface area contributed by atoms with Crippen molar-refractivity contribution in [1.82, 2.24) is 10.2 Å². The van der Waals surface area contributed by atoms with Crippen LogP contribution in [0.15, 0.2) is 18.2 Å². The zero-order valence-corrected chi connectivity index (χ0v) is 20.1. The number of nitrogens with one attached hydrogen (secondary N) is 1. The Balaban J connectivity index is 1.72. The molecule has 1 atom stereocenters. The lowest BCUT2D eigenvalue weighted by Crippen LogP contribution is -2.50. The van der Waals surface area contributed by atoms with Gasteiger partial charge in [0.05, 0.1) is 11.2 Å². The number of piperidine rings is 1. The molecule has 0 aromatic heterocycles. The Hall–Kier alpha value is -2.13. The molecule has 0 aliphatic carbocycles. The fourth-order valence-corrected chi connectivity index (χ4v) is 3.79. The van der Waals surface area contributed by atoms with E-state index in [1.54, 1.807) is 31.7 Å². The van der Waals surface area contributed by atoms with E-state index in [2.05, 4.69) is 5.32 Å². The number of amides is 2. The van der Waals surface area contributed by atoms with Gasteiger partial charge in [0.15, 0.2) is 0 Å². The Morgan fingerprint density at radius 3 is 2.38 bits per heavy atom. The van der Waals surface area contributed by atoms with E-state index in [-0.39, 0.29) is 17.5 Å². The fourth-order valence-electron chi connectivity index (χ4n) is 3.79. The van der Waals surface area contributed by atoms with Crippen molar-refractivity contribution < 1.29 is 28.0 Å². The Bertz CT molecular complexity index is 868. The van der Waals surface area contributed by atoms with E-state index in [1.165, 1.54) is 12.1 Å². The molecule has 0 bridgehead atoms. The van der Waals surface area contributed by atoms with Crippen LogP contribution >= 0.6 is 0 Å². The Morgan fingerprint density at radius 2 is 1.78 bits per heavy atom. The summed E-state index contributed by atoms with van der Waals surface area (Å²) in [6.07, 6.45) is 0.960. The molecule has 2 amide bonds. The Labute approximate surface area is 190 Å². The highest BCUT2D eigenvalue weighted by Gasteiger charge is 2.52. The van der Waals surface area contributed by atoms with Gasteiger partial charge in [-0.1, -0.05) is 0 Å². The van der Waals surface area contributed by atoms with Crippen LogP contribution in [0.5, 0.6) is 0 Å². The smallest absolute Gasteiger partial charge is 0.444 e. The lowest BCUT2D eigenvalue weighted by molar-refractivity contribution is 0.00578. The molecule has 1 N–H and O–H groups in total. The molecule has 2 aliphatic rings. The first-order valence-electron chi connectivity index (χ1n) is 11.1. The summed E-state index contributed by atoms with van der Waals surface area (Å²) in [5.74, 6) is -0.820. The zero-order chi connectivity index (χ0) is 23.9. The van der Waals surface area contributed by atoms with E-state index in [0.717, 1.165) is 12.8 Å². The third-order valence-electron chi connectivity index (χ3n) is 6.12. The van der Waals surface area contributed by atoms with E-state index in [4.69, 9.17) is 14.0 Å². The van der Waals surface area contributed by atoms with E-state index in [0.29, 0.717) is 18.6 Å². The number of nitrogens with zero attached hydrogens (tertiary/aromatic N) is 1. The van der Waals surface area contributed by atoms with Gasteiger partial charge in [0.1, 0.15) is 11.4 Å². The number of likely N-dealkylation sites (tertiary alicyclic amines) is 1. The van der Waals surface area contributed by atoms with Gasteiger partial charge in [-0.15, -0.1) is 0 Å². The number of hydrogen-bond acceptors (Lipinski definition) is 5. The van der Waals surface area contributed by atoms with Crippen molar-refractivity contribution in [1.29, 1.82) is 0 Å². The van der Waals surface area contributed by atoms with Gasteiger partial charge in [0.25, 0.3) is 5.91 Å². The number of hydrogen-bond donors (Lipinski definition) is 1. The predicted molar refractivity (Wildman–Crippen MR) is 120 cm³/mol. The summed E-state index contributed by atoms with van der Waals surface area (Å²) in [5.41, 5.74) is -1.04. The van der Waals surface area contributed by atoms with Gasteiger partial charge in [-0.05, 0) is 85.0 Å². The molecule has 1 aromatic rings. The number of carbonyl (C=O) groups is 2. The average Bonchev–Trinajstić information content (AvgIpc) is 2.86. The van der Waals surface area contributed by atoms with Crippen molar-refractivity contribution in [3.63, 3.8) is 0 Å². The van der Waals surface area contributed by atoms with Crippen molar-refractivity contribution in [2.75, 3.05) is 13.1 Å². The van der Waals surface area contributed by atoms with Gasteiger partial charge in [-0.25, -0.2) is 9.18 Å². The van der Waals surface area contributed by atoms with E-state index in [1.807, 2.05) is 27.7 Å². The number of rotatable bonds is 3. The quantitative estimate of drug-likeness (QED) is 0.719. The van der Waals surface area contributed by atoms with Crippen LogP contribution in [0.1, 0.15) is 71.7 Å². The van der Waals surface area contributed by atoms with Crippen LogP contribution in [-0.4, -0.2) is 60.0 Å². The van der Waals surface area contributed by atoms with E-state index in [9.17, 15) is 14.0 Å². The molecule has 176 valence electrons. The second-order valence-electron chi connectivity index (χ2n) is 10.6. The fraction of sp³-hybridized carbons (Fsp3) is 0.652. The number of benzene rings is 1. The summed E-state index contributed by atoms with van der Waals surface area (Å²) in [5, 5.41) is 2.83. The molecule has 9 heteroatoms. The summed E-state index contributed by atoms with van der Waals surface area (Å²) in [6.45, 7) is 13.9. The lowest BCUT2D eigenvalue weighted by Gasteiger charge is -2.33. The molecule has 7 nitrogen and oxygen atoms in total. The molecule has 0 spiro atoms. The Kier molecular flexibility index (Phi) is 6.64. The van der Waals surface area contributed by atoms with E-state index < -0.39 is 35.8 Å². The van der Waals surface area contributed by atoms with Crippen molar-refractivity contribution in [2.24, 2.45) is 0 Å². The van der Waals surface area contributed by atoms with Crippen molar-refractivity contribution in [3.05, 3.63) is 29.6 Å². The van der Waals surface area contributed by atoms with Gasteiger partial charge in [-0.2, -0.15) is 0 Å². The van der Waals surface area contributed by atoms with E-state index >= 15 is 0 Å². The summed E-state index contributed by atoms with van der Waals surface area (Å²) >= 11 is 0. The Morgan fingerprint density at radius 1 is 1.16 bits per heavy atom. The van der Waals surface area contributed by atoms with Gasteiger partial charge < -0.3 is 24.3 Å². The number of carbonyl (C=O) groups excluding carboxylic acids is 2. The molecule has 0 radical (unpaired) electrons. The first-order valence-corrected chi connectivity index (χ1v) is 11.1. The summed E-state index contributed by atoms with van der Waals surface area (Å²) in [4.78, 5) is 26.9. The minimum Gasteiger partial charge on any atom is -0.444 e. The number of halogens is 1. The molecule has 2 saturated heterocycles. The number of alkyl carbamates (subject to hydrolysis) is 1. The molecular formula is C23H34BFN2O5. The average molecular weight is 448 g/mol. The van der Waals surface area contributed by atoms with Crippen molar-refractivity contribution in [2.45, 2.75) is 84.2 Å². The maximum atomic E-state index is 14.4. The molecule has 2 heterocycles. The molecule has 2 aliphatic heterocycles.